The van der Waals surface area contributed by atoms with Gasteiger partial charge in [0.15, 0.2) is 11.6 Å². The summed E-state index contributed by atoms with van der Waals surface area (Å²) in [5.41, 5.74) is 1.44. The van der Waals surface area contributed by atoms with Gasteiger partial charge >= 0.3 is 5.97 Å². The summed E-state index contributed by atoms with van der Waals surface area (Å²) in [6.07, 6.45) is 4.00. The Kier molecular flexibility index (Phi) is 5.83. The number of nitrogens with one attached hydrogen (secondary N) is 2. The second-order valence-electron chi connectivity index (χ2n) is 10.9. The molecular weight excluding hydrogens is 554 g/mol. The Balaban J connectivity index is 1.23. The Morgan fingerprint density at radius 2 is 1.95 bits per heavy atom. The molecule has 1 fully saturated rings. The molecule has 2 aromatic heterocycles. The maximum atomic E-state index is 15.0. The fraction of sp³-hybridized carbons (Fsp3) is 0.226. The smallest absolute Gasteiger partial charge is 0.307 e. The number of aromatic nitrogens is 3. The molecule has 0 spiro atoms. The van der Waals surface area contributed by atoms with Gasteiger partial charge in [-0.05, 0) is 49.6 Å². The lowest BCUT2D eigenvalue weighted by Crippen LogP contribution is -2.32. The number of para-hydroxylation sites is 1. The topological polar surface area (TPSA) is 100 Å². The number of hydrogen-bond donors (Lipinski definition) is 3. The molecule has 7 nitrogen and oxygen atoms in total. The van der Waals surface area contributed by atoms with Crippen molar-refractivity contribution in [2.45, 2.75) is 31.1 Å². The van der Waals surface area contributed by atoms with Crippen molar-refractivity contribution in [2.24, 2.45) is 5.92 Å². The summed E-state index contributed by atoms with van der Waals surface area (Å²) in [7, 11) is 0. The maximum absolute atomic E-state index is 15.0. The number of imidazole rings is 1. The SMILES string of the molecule is CC1(c2cnc(-c3cc(Oc4c(F)c(F)c5[nH]ccc5c4F)ccc3F)[nH]2)CCOc2c([C@@H]3C[C@H]3C(=O)O)cccc21. The third kappa shape index (κ3) is 3.94. The summed E-state index contributed by atoms with van der Waals surface area (Å²) in [6, 6.07) is 10.4. The third-order valence-electron chi connectivity index (χ3n) is 8.37. The number of aromatic amines is 2. The zero-order valence-electron chi connectivity index (χ0n) is 22.1. The number of benzene rings is 3. The normalized spacial score (nSPS) is 21.2. The number of carbonyl (C=O) groups is 1. The summed E-state index contributed by atoms with van der Waals surface area (Å²) >= 11 is 0. The lowest BCUT2D eigenvalue weighted by atomic mass is 9.74. The second kappa shape index (κ2) is 9.37. The van der Waals surface area contributed by atoms with Gasteiger partial charge in [-0.3, -0.25) is 4.79 Å². The molecule has 0 radical (unpaired) electrons. The van der Waals surface area contributed by atoms with Crippen molar-refractivity contribution in [3.63, 3.8) is 0 Å². The van der Waals surface area contributed by atoms with E-state index in [9.17, 15) is 23.1 Å². The van der Waals surface area contributed by atoms with E-state index in [4.69, 9.17) is 9.47 Å². The van der Waals surface area contributed by atoms with Gasteiger partial charge in [-0.2, -0.15) is 4.39 Å². The van der Waals surface area contributed by atoms with Crippen molar-refractivity contribution in [3.05, 3.63) is 94.9 Å². The molecule has 1 saturated carbocycles. The maximum Gasteiger partial charge on any atom is 0.307 e. The van der Waals surface area contributed by atoms with E-state index in [1.54, 1.807) is 6.20 Å². The van der Waals surface area contributed by atoms with Crippen LogP contribution in [0.3, 0.4) is 0 Å². The van der Waals surface area contributed by atoms with E-state index in [0.29, 0.717) is 30.9 Å². The molecule has 3 heterocycles. The molecule has 7 rings (SSSR count). The summed E-state index contributed by atoms with van der Waals surface area (Å²) in [5, 5.41) is 9.24. The van der Waals surface area contributed by atoms with Crippen LogP contribution in [0.15, 0.2) is 54.9 Å². The molecule has 1 unspecified atom stereocenters. The highest BCUT2D eigenvalue weighted by molar-refractivity contribution is 5.83. The highest BCUT2D eigenvalue weighted by atomic mass is 19.2. The van der Waals surface area contributed by atoms with Crippen molar-refractivity contribution in [2.75, 3.05) is 6.61 Å². The first kappa shape index (κ1) is 26.1. The predicted octanol–water partition coefficient (Wildman–Crippen LogP) is 7.18. The molecule has 0 saturated heterocycles. The first-order valence-corrected chi connectivity index (χ1v) is 13.3. The van der Waals surface area contributed by atoms with Gasteiger partial charge < -0.3 is 24.5 Å². The average molecular weight is 578 g/mol. The zero-order chi connectivity index (χ0) is 29.3. The van der Waals surface area contributed by atoms with Crippen LogP contribution in [-0.2, 0) is 10.2 Å². The number of aliphatic carboxylic acids is 1. The van der Waals surface area contributed by atoms with E-state index in [2.05, 4.69) is 15.0 Å². The largest absolute Gasteiger partial charge is 0.493 e. The average Bonchev–Trinajstić information content (AvgIpc) is 3.36. The number of rotatable bonds is 6. The highest BCUT2D eigenvalue weighted by Crippen LogP contribution is 2.54. The fourth-order valence-corrected chi connectivity index (χ4v) is 5.88. The minimum atomic E-state index is -1.51. The Labute approximate surface area is 236 Å². The number of halogens is 4. The standard InChI is InChI=1S/C31H23F4N3O4/c1-31(8-10-41-27-15(3-2-4-20(27)31)17-12-18(17)30(39)40)22-13-37-29(38-22)19-11-14(5-6-21(19)32)42-28-23(33)16-7-9-36-26(16)24(34)25(28)35/h2-7,9,11,13,17-18,36H,8,10,12H2,1H3,(H,37,38)(H,39,40)/t17-,18+,31?/m0/s1. The molecule has 214 valence electrons. The molecule has 2 aliphatic rings. The quantitative estimate of drug-likeness (QED) is 0.147. The first-order valence-electron chi connectivity index (χ1n) is 13.3. The Morgan fingerprint density at radius 3 is 2.74 bits per heavy atom. The van der Waals surface area contributed by atoms with E-state index in [0.717, 1.165) is 17.2 Å². The number of hydrogen-bond acceptors (Lipinski definition) is 4. The molecule has 1 aliphatic carbocycles. The van der Waals surface area contributed by atoms with E-state index in [-0.39, 0.29) is 34.0 Å². The number of H-pyrrole nitrogens is 2. The van der Waals surface area contributed by atoms with Crippen molar-refractivity contribution in [3.8, 4) is 28.6 Å². The second-order valence-corrected chi connectivity index (χ2v) is 10.9. The van der Waals surface area contributed by atoms with Gasteiger partial charge in [-0.25, -0.2) is 18.2 Å². The summed E-state index contributed by atoms with van der Waals surface area (Å²) in [4.78, 5) is 21.5. The van der Waals surface area contributed by atoms with Crippen LogP contribution in [-0.4, -0.2) is 32.6 Å². The molecule has 5 aromatic rings. The summed E-state index contributed by atoms with van der Waals surface area (Å²) < 4.78 is 70.6. The van der Waals surface area contributed by atoms with Crippen molar-refractivity contribution >= 4 is 16.9 Å². The first-order chi connectivity index (χ1) is 20.2. The number of carboxylic acids is 1. The summed E-state index contributed by atoms with van der Waals surface area (Å²) in [5.74, 6) is -6.20. The van der Waals surface area contributed by atoms with Crippen LogP contribution in [0.5, 0.6) is 17.2 Å². The summed E-state index contributed by atoms with van der Waals surface area (Å²) in [6.45, 7) is 2.39. The van der Waals surface area contributed by atoms with Gasteiger partial charge in [0, 0.05) is 40.4 Å². The number of ether oxygens (including phenoxy) is 2. The van der Waals surface area contributed by atoms with Crippen LogP contribution in [0, 0.1) is 29.2 Å². The van der Waals surface area contributed by atoms with E-state index in [1.807, 2.05) is 25.1 Å². The zero-order valence-corrected chi connectivity index (χ0v) is 22.1. The van der Waals surface area contributed by atoms with Gasteiger partial charge in [-0.1, -0.05) is 18.2 Å². The minimum Gasteiger partial charge on any atom is -0.493 e. The van der Waals surface area contributed by atoms with Crippen LogP contribution in [0.4, 0.5) is 17.6 Å². The van der Waals surface area contributed by atoms with Gasteiger partial charge in [0.2, 0.25) is 11.6 Å². The van der Waals surface area contributed by atoms with Crippen LogP contribution in [0.1, 0.15) is 42.5 Å². The monoisotopic (exact) mass is 577 g/mol. The third-order valence-corrected chi connectivity index (χ3v) is 8.37. The van der Waals surface area contributed by atoms with E-state index < -0.39 is 46.3 Å². The van der Waals surface area contributed by atoms with E-state index >= 15 is 4.39 Å². The van der Waals surface area contributed by atoms with Gasteiger partial charge in [0.25, 0.3) is 0 Å². The molecule has 0 amide bonds. The van der Waals surface area contributed by atoms with Crippen molar-refractivity contribution in [1.82, 2.24) is 15.0 Å². The lowest BCUT2D eigenvalue weighted by molar-refractivity contribution is -0.138. The molecule has 1 aliphatic heterocycles. The molecule has 0 bridgehead atoms. The van der Waals surface area contributed by atoms with Crippen LogP contribution < -0.4 is 9.47 Å². The van der Waals surface area contributed by atoms with Crippen LogP contribution in [0.25, 0.3) is 22.3 Å². The van der Waals surface area contributed by atoms with Gasteiger partial charge in [-0.15, -0.1) is 0 Å². The Bertz CT molecular complexity index is 1900. The molecule has 3 atom stereocenters. The van der Waals surface area contributed by atoms with E-state index in [1.165, 1.54) is 24.4 Å². The highest BCUT2D eigenvalue weighted by Gasteiger charge is 2.47. The molecule has 42 heavy (non-hydrogen) atoms. The molecule has 3 N–H and O–H groups in total. The van der Waals surface area contributed by atoms with Crippen LogP contribution >= 0.6 is 0 Å². The minimum absolute atomic E-state index is 0.0188. The van der Waals surface area contributed by atoms with Gasteiger partial charge in [0.05, 0.1) is 23.6 Å². The molecular formula is C31H23F4N3O4. The number of carboxylic acid groups (broad SMARTS) is 1. The van der Waals surface area contributed by atoms with Crippen molar-refractivity contribution < 1.29 is 36.9 Å². The Morgan fingerprint density at radius 1 is 1.12 bits per heavy atom. The predicted molar refractivity (Wildman–Crippen MR) is 144 cm³/mol. The van der Waals surface area contributed by atoms with Crippen LogP contribution in [0.2, 0.25) is 0 Å². The molecule has 11 heteroatoms. The number of nitrogens with zero attached hydrogens (tertiary/aromatic N) is 1. The lowest BCUT2D eigenvalue weighted by Gasteiger charge is -2.36. The van der Waals surface area contributed by atoms with Crippen molar-refractivity contribution in [1.29, 1.82) is 0 Å². The number of fused-ring (bicyclic) bond motifs is 2. The van der Waals surface area contributed by atoms with Gasteiger partial charge in [0.1, 0.15) is 23.1 Å². The fourth-order valence-electron chi connectivity index (χ4n) is 5.88. The Hall–Kier alpha value is -4.80. The molecule has 3 aromatic carbocycles.